The third kappa shape index (κ3) is 3.63. The van der Waals surface area contributed by atoms with E-state index in [2.05, 4.69) is 64.2 Å². The van der Waals surface area contributed by atoms with Crippen molar-refractivity contribution in [2.24, 2.45) is 0 Å². The van der Waals surface area contributed by atoms with Gasteiger partial charge in [0.15, 0.2) is 0 Å². The van der Waals surface area contributed by atoms with Crippen LogP contribution < -0.4 is 5.32 Å². The van der Waals surface area contributed by atoms with Crippen molar-refractivity contribution in [2.45, 2.75) is 12.5 Å². The number of hydrogen-bond donors (Lipinski definition) is 1. The van der Waals surface area contributed by atoms with Gasteiger partial charge in [-0.05, 0) is 78.6 Å². The van der Waals surface area contributed by atoms with Crippen LogP contribution in [0.2, 0.25) is 0 Å². The van der Waals surface area contributed by atoms with Crippen LogP contribution in [-0.2, 0) is 6.42 Å². The number of hydrogen-bond acceptors (Lipinski definition) is 3. The number of rotatable bonds is 4. The van der Waals surface area contributed by atoms with Crippen LogP contribution >= 0.6 is 59.1 Å². The Hall–Kier alpha value is 0.250. The third-order valence-corrected chi connectivity index (χ3v) is 5.46. The zero-order valence-corrected chi connectivity index (χ0v) is 15.2. The second kappa shape index (κ2) is 6.61. The lowest BCUT2D eigenvalue weighted by molar-refractivity contribution is 0.584. The molecule has 0 bridgehead atoms. The zero-order chi connectivity index (χ0) is 13.1. The Morgan fingerprint density at radius 1 is 1.33 bits per heavy atom. The highest BCUT2D eigenvalue weighted by molar-refractivity contribution is 9.12. The zero-order valence-electron chi connectivity index (χ0n) is 9.58. The summed E-state index contributed by atoms with van der Waals surface area (Å²) in [5.41, 5.74) is 2.34. The van der Waals surface area contributed by atoms with Crippen LogP contribution in [0.4, 0.5) is 0 Å². The van der Waals surface area contributed by atoms with Gasteiger partial charge in [0.05, 0.1) is 7.57 Å². The first kappa shape index (κ1) is 14.7. The minimum atomic E-state index is 0.260. The van der Waals surface area contributed by atoms with Gasteiger partial charge in [0.1, 0.15) is 0 Å². The van der Waals surface area contributed by atoms with Crippen LogP contribution in [0.1, 0.15) is 17.3 Å². The van der Waals surface area contributed by atoms with Crippen LogP contribution in [0.5, 0.6) is 0 Å². The molecular formula is C12H11Br3N2S. The molecule has 1 atom stereocenters. The van der Waals surface area contributed by atoms with Crippen molar-refractivity contribution in [3.8, 4) is 0 Å². The standard InChI is InChI=1S/C12H11Br3N2S/c1-16-10(9-5-11(14)18-12(9)15)4-8-3-2-7(13)6-17-8/h2-3,5-6,10,16H,4H2,1H3. The summed E-state index contributed by atoms with van der Waals surface area (Å²) in [4.78, 5) is 4.42. The molecule has 0 fully saturated rings. The van der Waals surface area contributed by atoms with Crippen LogP contribution in [0.25, 0.3) is 0 Å². The normalized spacial score (nSPS) is 12.7. The van der Waals surface area contributed by atoms with E-state index in [9.17, 15) is 0 Å². The summed E-state index contributed by atoms with van der Waals surface area (Å²) < 4.78 is 3.30. The van der Waals surface area contributed by atoms with Crippen molar-refractivity contribution in [1.82, 2.24) is 10.3 Å². The van der Waals surface area contributed by atoms with Gasteiger partial charge >= 0.3 is 0 Å². The van der Waals surface area contributed by atoms with Crippen LogP contribution in [-0.4, -0.2) is 12.0 Å². The fraction of sp³-hybridized carbons (Fsp3) is 0.250. The summed E-state index contributed by atoms with van der Waals surface area (Å²) in [7, 11) is 1.97. The van der Waals surface area contributed by atoms with E-state index in [4.69, 9.17) is 0 Å². The maximum absolute atomic E-state index is 4.42. The maximum atomic E-state index is 4.42. The number of pyridine rings is 1. The highest BCUT2D eigenvalue weighted by Crippen LogP contribution is 2.36. The van der Waals surface area contributed by atoms with Gasteiger partial charge in [-0.3, -0.25) is 4.98 Å². The molecule has 96 valence electrons. The van der Waals surface area contributed by atoms with Gasteiger partial charge in [0.25, 0.3) is 0 Å². The molecule has 0 aliphatic carbocycles. The van der Waals surface area contributed by atoms with E-state index >= 15 is 0 Å². The Labute approximate surface area is 136 Å². The molecule has 2 heterocycles. The molecule has 0 saturated heterocycles. The fourth-order valence-electron chi connectivity index (χ4n) is 1.69. The SMILES string of the molecule is CNC(Cc1ccc(Br)cn1)c1cc(Br)sc1Br. The molecule has 1 unspecified atom stereocenters. The fourth-order valence-corrected chi connectivity index (χ4v) is 4.90. The smallest absolute Gasteiger partial charge is 0.0758 e. The summed E-state index contributed by atoms with van der Waals surface area (Å²) in [6.45, 7) is 0. The second-order valence-corrected chi connectivity index (χ2v) is 8.46. The van der Waals surface area contributed by atoms with E-state index in [1.54, 1.807) is 11.3 Å². The first-order valence-electron chi connectivity index (χ1n) is 5.32. The number of aromatic nitrogens is 1. The molecule has 6 heteroatoms. The average molecular weight is 455 g/mol. The Kier molecular flexibility index (Phi) is 5.38. The van der Waals surface area contributed by atoms with E-state index in [0.29, 0.717) is 0 Å². The minimum Gasteiger partial charge on any atom is -0.313 e. The molecular weight excluding hydrogens is 444 g/mol. The second-order valence-electron chi connectivity index (χ2n) is 3.79. The Morgan fingerprint density at radius 3 is 2.61 bits per heavy atom. The number of likely N-dealkylation sites (N-methyl/N-ethyl adjacent to an activating group) is 1. The molecule has 0 radical (unpaired) electrons. The average Bonchev–Trinajstić information content (AvgIpc) is 2.68. The lowest BCUT2D eigenvalue weighted by Crippen LogP contribution is -2.19. The van der Waals surface area contributed by atoms with E-state index in [1.807, 2.05) is 25.4 Å². The lowest BCUT2D eigenvalue weighted by Gasteiger charge is -2.15. The highest BCUT2D eigenvalue weighted by Gasteiger charge is 2.16. The van der Waals surface area contributed by atoms with Gasteiger partial charge in [-0.1, -0.05) is 0 Å². The summed E-state index contributed by atoms with van der Waals surface area (Å²) in [5, 5.41) is 3.34. The molecule has 1 N–H and O–H groups in total. The highest BCUT2D eigenvalue weighted by atomic mass is 79.9. The van der Waals surface area contributed by atoms with Gasteiger partial charge in [-0.2, -0.15) is 0 Å². The van der Waals surface area contributed by atoms with Crippen LogP contribution in [0, 0.1) is 0 Å². The summed E-state index contributed by atoms with van der Waals surface area (Å²) >= 11 is 12.2. The van der Waals surface area contributed by atoms with Gasteiger partial charge in [-0.25, -0.2) is 0 Å². The molecule has 0 saturated carbocycles. The Bertz CT molecular complexity index is 525. The summed E-state index contributed by atoms with van der Waals surface area (Å²) in [6, 6.07) is 6.47. The van der Waals surface area contributed by atoms with Gasteiger partial charge < -0.3 is 5.32 Å². The van der Waals surface area contributed by atoms with Gasteiger partial charge in [0, 0.05) is 28.8 Å². The molecule has 0 aliphatic rings. The topological polar surface area (TPSA) is 24.9 Å². The Balaban J connectivity index is 2.19. The first-order chi connectivity index (χ1) is 8.60. The summed E-state index contributed by atoms with van der Waals surface area (Å²) in [6.07, 6.45) is 2.70. The van der Waals surface area contributed by atoms with Gasteiger partial charge in [-0.15, -0.1) is 11.3 Å². The molecule has 2 aromatic heterocycles. The van der Waals surface area contributed by atoms with Crippen LogP contribution in [0.3, 0.4) is 0 Å². The molecule has 0 aliphatic heterocycles. The van der Waals surface area contributed by atoms with Crippen molar-refractivity contribution in [2.75, 3.05) is 7.05 Å². The number of nitrogens with zero attached hydrogens (tertiary/aromatic N) is 1. The molecule has 0 amide bonds. The molecule has 18 heavy (non-hydrogen) atoms. The monoisotopic (exact) mass is 452 g/mol. The minimum absolute atomic E-state index is 0.260. The molecule has 0 aromatic carbocycles. The van der Waals surface area contributed by atoms with E-state index in [0.717, 1.165) is 24.2 Å². The van der Waals surface area contributed by atoms with Crippen molar-refractivity contribution >= 4 is 59.1 Å². The lowest BCUT2D eigenvalue weighted by atomic mass is 10.1. The van der Waals surface area contributed by atoms with E-state index < -0.39 is 0 Å². The largest absolute Gasteiger partial charge is 0.313 e. The molecule has 2 rings (SSSR count). The van der Waals surface area contributed by atoms with Crippen molar-refractivity contribution in [3.05, 3.63) is 47.7 Å². The number of halogens is 3. The summed E-state index contributed by atoms with van der Waals surface area (Å²) in [5.74, 6) is 0. The molecule has 2 nitrogen and oxygen atoms in total. The first-order valence-corrected chi connectivity index (χ1v) is 8.52. The van der Waals surface area contributed by atoms with Crippen LogP contribution in [0.15, 0.2) is 36.4 Å². The van der Waals surface area contributed by atoms with E-state index in [-0.39, 0.29) is 6.04 Å². The Morgan fingerprint density at radius 2 is 2.11 bits per heavy atom. The van der Waals surface area contributed by atoms with Crippen molar-refractivity contribution in [1.29, 1.82) is 0 Å². The number of thiophene rings is 1. The predicted molar refractivity (Wildman–Crippen MR) is 87.2 cm³/mol. The molecule has 0 spiro atoms. The van der Waals surface area contributed by atoms with Gasteiger partial charge in [0.2, 0.25) is 0 Å². The van der Waals surface area contributed by atoms with E-state index in [1.165, 1.54) is 5.56 Å². The number of nitrogens with one attached hydrogen (secondary N) is 1. The van der Waals surface area contributed by atoms with Crippen molar-refractivity contribution in [3.63, 3.8) is 0 Å². The van der Waals surface area contributed by atoms with Crippen molar-refractivity contribution < 1.29 is 0 Å². The predicted octanol–water partition coefficient (Wildman–Crippen LogP) is 4.93. The molecule has 2 aromatic rings. The maximum Gasteiger partial charge on any atom is 0.0758 e. The quantitative estimate of drug-likeness (QED) is 0.708. The third-order valence-electron chi connectivity index (χ3n) is 2.61.